The molecule has 0 aliphatic heterocycles. The van der Waals surface area contributed by atoms with E-state index in [1.165, 1.54) is 0 Å². The van der Waals surface area contributed by atoms with Crippen molar-refractivity contribution in [2.45, 2.75) is 13.0 Å². The SMILES string of the molecule is Cc1cc(Br)cc(C(O)CCl)c1. The van der Waals surface area contributed by atoms with Gasteiger partial charge in [0, 0.05) is 4.47 Å². The van der Waals surface area contributed by atoms with E-state index in [9.17, 15) is 5.11 Å². The molecule has 12 heavy (non-hydrogen) atoms. The van der Waals surface area contributed by atoms with E-state index >= 15 is 0 Å². The van der Waals surface area contributed by atoms with E-state index in [0.717, 1.165) is 15.6 Å². The minimum Gasteiger partial charge on any atom is -0.387 e. The van der Waals surface area contributed by atoms with Gasteiger partial charge in [0.1, 0.15) is 0 Å². The Labute approximate surface area is 85.5 Å². The molecule has 0 heterocycles. The van der Waals surface area contributed by atoms with Crippen LogP contribution in [0.25, 0.3) is 0 Å². The van der Waals surface area contributed by atoms with Gasteiger partial charge in [0.15, 0.2) is 0 Å². The predicted octanol–water partition coefficient (Wildman–Crippen LogP) is 3.03. The van der Waals surface area contributed by atoms with Crippen molar-refractivity contribution in [1.29, 1.82) is 0 Å². The molecular formula is C9H10BrClO. The van der Waals surface area contributed by atoms with E-state index < -0.39 is 6.10 Å². The Balaban J connectivity index is 3.00. The molecule has 1 nitrogen and oxygen atoms in total. The van der Waals surface area contributed by atoms with Gasteiger partial charge in [-0.05, 0) is 30.2 Å². The molecule has 0 saturated carbocycles. The van der Waals surface area contributed by atoms with Gasteiger partial charge >= 0.3 is 0 Å². The summed E-state index contributed by atoms with van der Waals surface area (Å²) >= 11 is 8.88. The third-order valence-electron chi connectivity index (χ3n) is 1.60. The van der Waals surface area contributed by atoms with Crippen LogP contribution in [0.1, 0.15) is 17.2 Å². The number of aliphatic hydroxyl groups is 1. The first-order valence-electron chi connectivity index (χ1n) is 3.64. The summed E-state index contributed by atoms with van der Waals surface area (Å²) < 4.78 is 0.974. The average molecular weight is 250 g/mol. The van der Waals surface area contributed by atoms with Gasteiger partial charge in [0.05, 0.1) is 12.0 Å². The molecule has 0 fully saturated rings. The first kappa shape index (κ1) is 10.0. The van der Waals surface area contributed by atoms with E-state index in [-0.39, 0.29) is 5.88 Å². The van der Waals surface area contributed by atoms with Crippen LogP contribution in [0, 0.1) is 6.92 Å². The fourth-order valence-electron chi connectivity index (χ4n) is 1.05. The maximum absolute atomic E-state index is 9.43. The van der Waals surface area contributed by atoms with Crippen molar-refractivity contribution in [3.05, 3.63) is 33.8 Å². The maximum Gasteiger partial charge on any atom is 0.0925 e. The Morgan fingerprint density at radius 1 is 1.50 bits per heavy atom. The summed E-state index contributed by atoms with van der Waals surface area (Å²) in [5.41, 5.74) is 1.97. The van der Waals surface area contributed by atoms with Gasteiger partial charge in [-0.25, -0.2) is 0 Å². The first-order chi connectivity index (χ1) is 5.63. The summed E-state index contributed by atoms with van der Waals surface area (Å²) in [6.45, 7) is 1.98. The Hall–Kier alpha value is -0.0500. The number of aryl methyl sites for hydroxylation is 1. The monoisotopic (exact) mass is 248 g/mol. The van der Waals surface area contributed by atoms with Crippen LogP contribution >= 0.6 is 27.5 Å². The molecule has 0 amide bonds. The second-order valence-corrected chi connectivity index (χ2v) is 3.96. The molecule has 0 bridgehead atoms. The van der Waals surface area contributed by atoms with E-state index in [2.05, 4.69) is 15.9 Å². The second-order valence-electron chi connectivity index (χ2n) is 2.73. The van der Waals surface area contributed by atoms with Crippen molar-refractivity contribution in [3.8, 4) is 0 Å². The zero-order valence-electron chi connectivity index (χ0n) is 6.72. The quantitative estimate of drug-likeness (QED) is 0.799. The summed E-state index contributed by atoms with van der Waals surface area (Å²) in [6.07, 6.45) is -0.567. The normalized spacial score (nSPS) is 13.0. The van der Waals surface area contributed by atoms with Crippen molar-refractivity contribution in [1.82, 2.24) is 0 Å². The highest BCUT2D eigenvalue weighted by atomic mass is 79.9. The fraction of sp³-hybridized carbons (Fsp3) is 0.333. The molecule has 1 rings (SSSR count). The highest BCUT2D eigenvalue weighted by molar-refractivity contribution is 9.10. The molecule has 1 atom stereocenters. The Bertz CT molecular complexity index is 255. The molecule has 1 unspecified atom stereocenters. The molecule has 3 heteroatoms. The smallest absolute Gasteiger partial charge is 0.0925 e. The van der Waals surface area contributed by atoms with Gasteiger partial charge in [-0.1, -0.05) is 22.0 Å². The van der Waals surface area contributed by atoms with E-state index in [1.54, 1.807) is 0 Å². The number of aliphatic hydroxyl groups excluding tert-OH is 1. The summed E-state index contributed by atoms with van der Waals surface area (Å²) in [5.74, 6) is 0.232. The van der Waals surface area contributed by atoms with Gasteiger partial charge < -0.3 is 5.11 Å². The molecule has 1 aromatic rings. The van der Waals surface area contributed by atoms with Crippen molar-refractivity contribution in [3.63, 3.8) is 0 Å². The lowest BCUT2D eigenvalue weighted by molar-refractivity contribution is 0.202. The van der Waals surface area contributed by atoms with Crippen LogP contribution in [0.5, 0.6) is 0 Å². The summed E-state index contributed by atoms with van der Waals surface area (Å²) in [7, 11) is 0. The number of halogens is 2. The molecule has 0 aliphatic carbocycles. The Morgan fingerprint density at radius 3 is 2.67 bits per heavy atom. The van der Waals surface area contributed by atoms with Crippen molar-refractivity contribution in [2.24, 2.45) is 0 Å². The summed E-state index contributed by atoms with van der Waals surface area (Å²) in [4.78, 5) is 0. The van der Waals surface area contributed by atoms with E-state index in [1.807, 2.05) is 25.1 Å². The number of benzene rings is 1. The zero-order valence-corrected chi connectivity index (χ0v) is 9.06. The number of alkyl halides is 1. The standard InChI is InChI=1S/C9H10BrClO/c1-6-2-7(9(12)5-11)4-8(10)3-6/h2-4,9,12H,5H2,1H3. The second kappa shape index (κ2) is 4.26. The van der Waals surface area contributed by atoms with Gasteiger partial charge in [-0.3, -0.25) is 0 Å². The van der Waals surface area contributed by atoms with Crippen LogP contribution in [-0.4, -0.2) is 11.0 Å². The molecular weight excluding hydrogens is 239 g/mol. The van der Waals surface area contributed by atoms with Crippen molar-refractivity contribution in [2.75, 3.05) is 5.88 Å². The molecule has 0 radical (unpaired) electrons. The van der Waals surface area contributed by atoms with Crippen LogP contribution in [-0.2, 0) is 0 Å². The zero-order chi connectivity index (χ0) is 9.14. The lowest BCUT2D eigenvalue weighted by atomic mass is 10.1. The number of rotatable bonds is 2. The van der Waals surface area contributed by atoms with Crippen LogP contribution in [0.2, 0.25) is 0 Å². The largest absolute Gasteiger partial charge is 0.387 e. The predicted molar refractivity (Wildman–Crippen MR) is 54.6 cm³/mol. The lowest BCUT2D eigenvalue weighted by Gasteiger charge is -2.08. The molecule has 0 aliphatic rings. The Kier molecular flexibility index (Phi) is 3.56. The molecule has 1 N–H and O–H groups in total. The minimum absolute atomic E-state index is 0.232. The molecule has 0 spiro atoms. The van der Waals surface area contributed by atoms with Crippen LogP contribution in [0.3, 0.4) is 0 Å². The van der Waals surface area contributed by atoms with Crippen LogP contribution < -0.4 is 0 Å². The highest BCUT2D eigenvalue weighted by Gasteiger charge is 2.06. The lowest BCUT2D eigenvalue weighted by Crippen LogP contribution is -1.98. The average Bonchev–Trinajstić information content (AvgIpc) is 2.01. The third kappa shape index (κ3) is 2.47. The van der Waals surface area contributed by atoms with Gasteiger partial charge in [-0.2, -0.15) is 0 Å². The summed E-state index contributed by atoms with van der Waals surface area (Å²) in [5, 5.41) is 9.43. The fourth-order valence-corrected chi connectivity index (χ4v) is 1.85. The van der Waals surface area contributed by atoms with Crippen molar-refractivity contribution >= 4 is 27.5 Å². The number of hydrogen-bond donors (Lipinski definition) is 1. The summed E-state index contributed by atoms with van der Waals surface area (Å²) in [6, 6.07) is 5.79. The molecule has 66 valence electrons. The topological polar surface area (TPSA) is 20.2 Å². The molecule has 0 saturated heterocycles. The van der Waals surface area contributed by atoms with Gasteiger partial charge in [0.25, 0.3) is 0 Å². The minimum atomic E-state index is -0.567. The third-order valence-corrected chi connectivity index (χ3v) is 2.35. The Morgan fingerprint density at radius 2 is 2.17 bits per heavy atom. The van der Waals surface area contributed by atoms with Crippen LogP contribution in [0.15, 0.2) is 22.7 Å². The molecule has 0 aromatic heterocycles. The highest BCUT2D eigenvalue weighted by Crippen LogP contribution is 2.21. The number of hydrogen-bond acceptors (Lipinski definition) is 1. The van der Waals surface area contributed by atoms with Gasteiger partial charge in [0.2, 0.25) is 0 Å². The van der Waals surface area contributed by atoms with E-state index in [4.69, 9.17) is 11.6 Å². The maximum atomic E-state index is 9.43. The van der Waals surface area contributed by atoms with Crippen LogP contribution in [0.4, 0.5) is 0 Å². The van der Waals surface area contributed by atoms with Crippen molar-refractivity contribution < 1.29 is 5.11 Å². The molecule has 1 aromatic carbocycles. The van der Waals surface area contributed by atoms with E-state index in [0.29, 0.717) is 0 Å². The van der Waals surface area contributed by atoms with Gasteiger partial charge in [-0.15, -0.1) is 11.6 Å². The first-order valence-corrected chi connectivity index (χ1v) is 4.97.